The van der Waals surface area contributed by atoms with Gasteiger partial charge in [0.1, 0.15) is 0 Å². The molecular formula is C21H17ClN2O3S. The van der Waals surface area contributed by atoms with E-state index in [1.54, 1.807) is 18.2 Å². The molecule has 0 saturated heterocycles. The van der Waals surface area contributed by atoms with Gasteiger partial charge in [0.25, 0.3) is 11.6 Å². The number of para-hydroxylation sites is 1. The summed E-state index contributed by atoms with van der Waals surface area (Å²) < 4.78 is 0. The highest BCUT2D eigenvalue weighted by Crippen LogP contribution is 2.33. The number of hydrogen-bond donors (Lipinski definition) is 1. The number of hydrogen-bond acceptors (Lipinski definition) is 4. The fraction of sp³-hybridized carbons (Fsp3) is 0.0952. The van der Waals surface area contributed by atoms with Crippen molar-refractivity contribution < 1.29 is 9.72 Å². The minimum Gasteiger partial charge on any atom is -0.322 e. The number of carbonyl (C=O) groups is 1. The molecule has 0 heterocycles. The average Bonchev–Trinajstić information content (AvgIpc) is 2.70. The van der Waals surface area contributed by atoms with Gasteiger partial charge in [-0.15, -0.1) is 0 Å². The third kappa shape index (κ3) is 4.71. The number of rotatable bonds is 6. The second-order valence-corrected chi connectivity index (χ2v) is 7.51. The van der Waals surface area contributed by atoms with Crippen molar-refractivity contribution >= 4 is 40.6 Å². The first-order chi connectivity index (χ1) is 13.5. The van der Waals surface area contributed by atoms with Crippen LogP contribution in [0.5, 0.6) is 0 Å². The van der Waals surface area contributed by atoms with E-state index in [-0.39, 0.29) is 17.2 Å². The van der Waals surface area contributed by atoms with Gasteiger partial charge in [0.2, 0.25) is 0 Å². The lowest BCUT2D eigenvalue weighted by atomic mass is 10.1. The Morgan fingerprint density at radius 3 is 2.50 bits per heavy atom. The second-order valence-electron chi connectivity index (χ2n) is 5.96. The average molecular weight is 413 g/mol. The zero-order chi connectivity index (χ0) is 20.1. The van der Waals surface area contributed by atoms with Gasteiger partial charge < -0.3 is 5.32 Å². The van der Waals surface area contributed by atoms with E-state index in [0.717, 1.165) is 16.9 Å². The predicted octanol–water partition coefficient (Wildman–Crippen LogP) is 6.21. The minimum atomic E-state index is -0.506. The van der Waals surface area contributed by atoms with Crippen LogP contribution in [0.3, 0.4) is 0 Å². The standard InChI is InChI=1S/C21H17ClN2O3S/c1-2-14-5-3-4-6-19(14)23-21(25)18-13-16(24(26)27)9-12-20(18)28-17-10-7-15(22)8-11-17/h3-13H,2H2,1H3,(H,23,25). The van der Waals surface area contributed by atoms with Gasteiger partial charge in [0.05, 0.1) is 10.5 Å². The van der Waals surface area contributed by atoms with Crippen molar-refractivity contribution in [2.45, 2.75) is 23.1 Å². The summed E-state index contributed by atoms with van der Waals surface area (Å²) in [6, 6.07) is 19.0. The van der Waals surface area contributed by atoms with Crippen LogP contribution in [-0.4, -0.2) is 10.8 Å². The number of nitrogens with zero attached hydrogens (tertiary/aromatic N) is 1. The summed E-state index contributed by atoms with van der Waals surface area (Å²) in [5.41, 5.74) is 1.81. The molecular weight excluding hydrogens is 396 g/mol. The summed E-state index contributed by atoms with van der Waals surface area (Å²) in [5, 5.41) is 14.7. The van der Waals surface area contributed by atoms with Crippen molar-refractivity contribution in [2.75, 3.05) is 5.32 Å². The molecule has 0 fully saturated rings. The minimum absolute atomic E-state index is 0.130. The molecule has 0 aromatic heterocycles. The number of aryl methyl sites for hydroxylation is 1. The monoisotopic (exact) mass is 412 g/mol. The number of benzene rings is 3. The van der Waals surface area contributed by atoms with Crippen molar-refractivity contribution in [3.05, 3.63) is 93.0 Å². The number of anilines is 1. The molecule has 3 aromatic carbocycles. The molecule has 142 valence electrons. The van der Waals surface area contributed by atoms with E-state index in [0.29, 0.717) is 15.6 Å². The van der Waals surface area contributed by atoms with Crippen LogP contribution in [0, 0.1) is 10.1 Å². The molecule has 5 nitrogen and oxygen atoms in total. The van der Waals surface area contributed by atoms with E-state index < -0.39 is 4.92 Å². The van der Waals surface area contributed by atoms with E-state index in [1.165, 1.54) is 23.9 Å². The predicted molar refractivity (Wildman–Crippen MR) is 112 cm³/mol. The SMILES string of the molecule is CCc1ccccc1NC(=O)c1cc([N+](=O)[O-])ccc1Sc1ccc(Cl)cc1. The Hall–Kier alpha value is -2.83. The molecule has 0 aliphatic carbocycles. The molecule has 0 aliphatic heterocycles. The summed E-state index contributed by atoms with van der Waals surface area (Å²) in [6.07, 6.45) is 0.762. The summed E-state index contributed by atoms with van der Waals surface area (Å²) in [5.74, 6) is -0.388. The molecule has 0 bridgehead atoms. The molecule has 28 heavy (non-hydrogen) atoms. The number of non-ortho nitro benzene ring substituents is 1. The third-order valence-corrected chi connectivity index (χ3v) is 5.44. The molecule has 3 aromatic rings. The molecule has 0 radical (unpaired) electrons. The van der Waals surface area contributed by atoms with E-state index in [4.69, 9.17) is 11.6 Å². The first-order valence-electron chi connectivity index (χ1n) is 8.59. The van der Waals surface area contributed by atoms with Crippen LogP contribution in [-0.2, 0) is 6.42 Å². The molecule has 1 amide bonds. The Balaban J connectivity index is 1.96. The van der Waals surface area contributed by atoms with Crippen molar-refractivity contribution in [1.29, 1.82) is 0 Å². The second kappa shape index (κ2) is 8.91. The molecule has 0 saturated carbocycles. The maximum absolute atomic E-state index is 13.0. The molecule has 0 spiro atoms. The van der Waals surface area contributed by atoms with Crippen LogP contribution in [0.1, 0.15) is 22.8 Å². The van der Waals surface area contributed by atoms with Crippen molar-refractivity contribution in [3.8, 4) is 0 Å². The third-order valence-electron chi connectivity index (χ3n) is 4.11. The van der Waals surface area contributed by atoms with Crippen LogP contribution < -0.4 is 5.32 Å². The number of nitrogens with one attached hydrogen (secondary N) is 1. The van der Waals surface area contributed by atoms with Crippen LogP contribution >= 0.6 is 23.4 Å². The van der Waals surface area contributed by atoms with E-state index in [1.807, 2.05) is 43.3 Å². The topological polar surface area (TPSA) is 72.2 Å². The summed E-state index contributed by atoms with van der Waals surface area (Å²) >= 11 is 7.27. The lowest BCUT2D eigenvalue weighted by molar-refractivity contribution is -0.384. The highest BCUT2D eigenvalue weighted by atomic mass is 35.5. The summed E-state index contributed by atoms with van der Waals surface area (Å²) in [6.45, 7) is 2.00. The number of halogens is 1. The quantitative estimate of drug-likeness (QED) is 0.385. The van der Waals surface area contributed by atoms with Crippen LogP contribution in [0.25, 0.3) is 0 Å². The van der Waals surface area contributed by atoms with Crippen molar-refractivity contribution in [2.24, 2.45) is 0 Å². The van der Waals surface area contributed by atoms with Gasteiger partial charge in [0, 0.05) is 32.6 Å². The van der Waals surface area contributed by atoms with Crippen LogP contribution in [0.15, 0.2) is 76.5 Å². The van der Waals surface area contributed by atoms with Crippen molar-refractivity contribution in [1.82, 2.24) is 0 Å². The first-order valence-corrected chi connectivity index (χ1v) is 9.78. The lowest BCUT2D eigenvalue weighted by Crippen LogP contribution is -2.14. The first kappa shape index (κ1) is 19.9. The Kier molecular flexibility index (Phi) is 6.34. The number of nitro groups is 1. The molecule has 0 aliphatic rings. The zero-order valence-electron chi connectivity index (χ0n) is 15.0. The fourth-order valence-electron chi connectivity index (χ4n) is 2.67. The number of amides is 1. The Morgan fingerprint density at radius 2 is 1.82 bits per heavy atom. The fourth-order valence-corrected chi connectivity index (χ4v) is 3.72. The summed E-state index contributed by atoms with van der Waals surface area (Å²) in [4.78, 5) is 25.1. The van der Waals surface area contributed by atoms with Gasteiger partial charge in [-0.1, -0.05) is 48.5 Å². The molecule has 7 heteroatoms. The largest absolute Gasteiger partial charge is 0.322 e. The smallest absolute Gasteiger partial charge is 0.270 e. The van der Waals surface area contributed by atoms with Crippen LogP contribution in [0.2, 0.25) is 5.02 Å². The van der Waals surface area contributed by atoms with E-state index >= 15 is 0 Å². The number of nitro benzene ring substituents is 1. The van der Waals surface area contributed by atoms with Gasteiger partial charge >= 0.3 is 0 Å². The van der Waals surface area contributed by atoms with Gasteiger partial charge in [0.15, 0.2) is 0 Å². The lowest BCUT2D eigenvalue weighted by Gasteiger charge is -2.12. The summed E-state index contributed by atoms with van der Waals surface area (Å²) in [7, 11) is 0. The van der Waals surface area contributed by atoms with Gasteiger partial charge in [-0.05, 0) is 48.4 Å². The Labute approximate surface area is 171 Å². The Morgan fingerprint density at radius 1 is 1.11 bits per heavy atom. The van der Waals surface area contributed by atoms with Crippen molar-refractivity contribution in [3.63, 3.8) is 0 Å². The highest BCUT2D eigenvalue weighted by Gasteiger charge is 2.18. The van der Waals surface area contributed by atoms with E-state index in [9.17, 15) is 14.9 Å². The van der Waals surface area contributed by atoms with Gasteiger partial charge in [-0.25, -0.2) is 0 Å². The highest BCUT2D eigenvalue weighted by molar-refractivity contribution is 7.99. The maximum atomic E-state index is 13.0. The van der Waals surface area contributed by atoms with Gasteiger partial charge in [-0.2, -0.15) is 0 Å². The van der Waals surface area contributed by atoms with E-state index in [2.05, 4.69) is 5.32 Å². The molecule has 3 rings (SSSR count). The van der Waals surface area contributed by atoms with Gasteiger partial charge in [-0.3, -0.25) is 14.9 Å². The zero-order valence-corrected chi connectivity index (χ0v) is 16.6. The molecule has 0 unspecified atom stereocenters. The number of carbonyl (C=O) groups excluding carboxylic acids is 1. The Bertz CT molecular complexity index is 1020. The molecule has 1 N–H and O–H groups in total. The van der Waals surface area contributed by atoms with Crippen LogP contribution in [0.4, 0.5) is 11.4 Å². The molecule has 0 atom stereocenters. The normalized spacial score (nSPS) is 10.5. The maximum Gasteiger partial charge on any atom is 0.270 e.